The van der Waals surface area contributed by atoms with Gasteiger partial charge in [-0.25, -0.2) is 4.99 Å². The number of halogens is 2. The summed E-state index contributed by atoms with van der Waals surface area (Å²) in [5, 5.41) is 0. The first-order chi connectivity index (χ1) is 13.7. The summed E-state index contributed by atoms with van der Waals surface area (Å²) >= 11 is 0. The average Bonchev–Trinajstić information content (AvgIpc) is 2.92. The predicted octanol–water partition coefficient (Wildman–Crippen LogP) is 2.97. The van der Waals surface area contributed by atoms with Gasteiger partial charge in [-0.3, -0.25) is 9.69 Å². The van der Waals surface area contributed by atoms with Gasteiger partial charge in [-0.15, -0.1) is 0 Å². The molecule has 1 aliphatic rings. The van der Waals surface area contributed by atoms with Crippen LogP contribution in [0.5, 0.6) is 5.75 Å². The van der Waals surface area contributed by atoms with E-state index in [9.17, 15) is 13.6 Å². The molecule has 3 rings (SSSR count). The zero-order valence-electron chi connectivity index (χ0n) is 16.5. The van der Waals surface area contributed by atoms with E-state index in [1.807, 2.05) is 32.0 Å². The smallest absolute Gasteiger partial charge is 0.387 e. The number of alkyl halides is 2. The van der Waals surface area contributed by atoms with Crippen LogP contribution >= 0.6 is 0 Å². The monoisotopic (exact) mass is 402 g/mol. The number of carbonyl (C=O) groups is 1. The lowest BCUT2D eigenvalue weighted by atomic mass is 9.81. The molecule has 1 amide bonds. The van der Waals surface area contributed by atoms with Gasteiger partial charge in [0.1, 0.15) is 5.75 Å². The number of benzene rings is 2. The molecule has 29 heavy (non-hydrogen) atoms. The quantitative estimate of drug-likeness (QED) is 0.777. The van der Waals surface area contributed by atoms with Gasteiger partial charge in [-0.2, -0.15) is 8.78 Å². The molecular formula is C21H24F2N4O2. The first-order valence-corrected chi connectivity index (χ1v) is 9.21. The third kappa shape index (κ3) is 3.67. The number of nitrogens with zero attached hydrogens (tertiary/aromatic N) is 2. The van der Waals surface area contributed by atoms with Crippen molar-refractivity contribution in [3.8, 4) is 5.75 Å². The minimum atomic E-state index is -2.93. The highest BCUT2D eigenvalue weighted by Gasteiger charge is 2.49. The molecule has 0 bridgehead atoms. The molecule has 2 aromatic carbocycles. The summed E-state index contributed by atoms with van der Waals surface area (Å²) < 4.78 is 29.4. The Bertz CT molecular complexity index is 931. The number of aliphatic imine (C=N–C) groups is 1. The number of guanidine groups is 1. The van der Waals surface area contributed by atoms with Crippen LogP contribution in [0.2, 0.25) is 0 Å². The maximum Gasteiger partial charge on any atom is 0.387 e. The van der Waals surface area contributed by atoms with Gasteiger partial charge in [0.05, 0.1) is 0 Å². The van der Waals surface area contributed by atoms with Crippen LogP contribution in [0.15, 0.2) is 53.5 Å². The number of nitrogens with two attached hydrogens (primary N) is 2. The van der Waals surface area contributed by atoms with Crippen LogP contribution in [0.25, 0.3) is 0 Å². The fraction of sp³-hybridized carbons (Fsp3) is 0.333. The molecule has 1 aliphatic heterocycles. The van der Waals surface area contributed by atoms with E-state index in [2.05, 4.69) is 9.73 Å². The molecule has 2 unspecified atom stereocenters. The Balaban J connectivity index is 2.15. The molecule has 6 nitrogen and oxygen atoms in total. The van der Waals surface area contributed by atoms with Crippen LogP contribution in [0.1, 0.15) is 36.6 Å². The van der Waals surface area contributed by atoms with E-state index in [0.29, 0.717) is 11.1 Å². The average molecular weight is 402 g/mol. The van der Waals surface area contributed by atoms with Crippen LogP contribution in [0.3, 0.4) is 0 Å². The number of hydrogen-bond donors (Lipinski definition) is 2. The molecule has 2 atom stereocenters. The molecule has 2 aromatic rings. The van der Waals surface area contributed by atoms with Crippen LogP contribution in [0.4, 0.5) is 8.78 Å². The highest BCUT2D eigenvalue weighted by molar-refractivity contribution is 6.08. The summed E-state index contributed by atoms with van der Waals surface area (Å²) in [6.07, 6.45) is 0. The number of likely N-dealkylation sites (N-methyl/N-ethyl adjacent to an activating group) is 1. The molecule has 0 aliphatic carbocycles. The molecule has 0 aromatic heterocycles. The van der Waals surface area contributed by atoms with Crippen LogP contribution in [-0.2, 0) is 10.3 Å². The van der Waals surface area contributed by atoms with Gasteiger partial charge < -0.3 is 16.2 Å². The Labute approximate surface area is 168 Å². The first-order valence-electron chi connectivity index (χ1n) is 9.21. The van der Waals surface area contributed by atoms with Crippen molar-refractivity contribution in [1.29, 1.82) is 0 Å². The third-order valence-corrected chi connectivity index (χ3v) is 5.14. The van der Waals surface area contributed by atoms with Crippen molar-refractivity contribution in [3.63, 3.8) is 0 Å². The fourth-order valence-corrected chi connectivity index (χ4v) is 3.42. The van der Waals surface area contributed by atoms with Crippen molar-refractivity contribution in [2.75, 3.05) is 7.05 Å². The van der Waals surface area contributed by atoms with E-state index >= 15 is 0 Å². The van der Waals surface area contributed by atoms with Crippen molar-refractivity contribution in [2.45, 2.75) is 32.0 Å². The Morgan fingerprint density at radius 3 is 2.28 bits per heavy atom. The number of ether oxygens (including phenoxy) is 1. The Morgan fingerprint density at radius 1 is 1.10 bits per heavy atom. The topological polar surface area (TPSA) is 93.9 Å². The summed E-state index contributed by atoms with van der Waals surface area (Å²) in [6.45, 7) is 1.09. The zero-order chi connectivity index (χ0) is 21.3. The van der Waals surface area contributed by atoms with E-state index in [1.54, 1.807) is 25.2 Å². The van der Waals surface area contributed by atoms with Crippen LogP contribution in [-0.4, -0.2) is 30.4 Å². The molecule has 0 spiro atoms. The molecule has 1 heterocycles. The van der Waals surface area contributed by atoms with E-state index in [-0.39, 0.29) is 29.6 Å². The minimum Gasteiger partial charge on any atom is -0.435 e. The Hall–Kier alpha value is -3.00. The van der Waals surface area contributed by atoms with Gasteiger partial charge in [0.15, 0.2) is 11.5 Å². The maximum absolute atomic E-state index is 13.3. The minimum absolute atomic E-state index is 0.00904. The second-order valence-electron chi connectivity index (χ2n) is 7.34. The summed E-state index contributed by atoms with van der Waals surface area (Å²) in [5.41, 5.74) is 12.8. The molecule has 0 saturated heterocycles. The lowest BCUT2D eigenvalue weighted by Gasteiger charge is -2.27. The Kier molecular flexibility index (Phi) is 5.57. The lowest BCUT2D eigenvalue weighted by Crippen LogP contribution is -2.41. The molecule has 4 N–H and O–H groups in total. The van der Waals surface area contributed by atoms with Gasteiger partial charge in [0, 0.05) is 13.1 Å². The predicted molar refractivity (Wildman–Crippen MR) is 106 cm³/mol. The lowest BCUT2D eigenvalue weighted by molar-refractivity contribution is -0.129. The SMILES string of the molecule is CC(C)C(N)c1cccc(C2(c3ccc(OC(F)F)cc3)N=C(N)N(C)C2=O)c1. The molecule has 8 heteroatoms. The highest BCUT2D eigenvalue weighted by atomic mass is 19.3. The van der Waals surface area contributed by atoms with Crippen molar-refractivity contribution in [3.05, 3.63) is 65.2 Å². The number of rotatable bonds is 6. The standard InChI is InChI=1S/C21H24F2N4O2/c1-12(2)17(24)13-5-4-6-15(11-13)21(18(28)27(3)20(25)26-21)14-7-9-16(10-8-14)29-19(22)23/h4-12,17,19H,24H2,1-3H3,(H2,25,26). The summed E-state index contributed by atoms with van der Waals surface area (Å²) in [5.74, 6) is -0.0815. The van der Waals surface area contributed by atoms with E-state index in [0.717, 1.165) is 5.56 Å². The molecule has 0 fully saturated rings. The number of hydrogen-bond acceptors (Lipinski definition) is 5. The van der Waals surface area contributed by atoms with E-state index in [4.69, 9.17) is 11.5 Å². The summed E-state index contributed by atoms with van der Waals surface area (Å²) in [4.78, 5) is 19.0. The molecule has 0 radical (unpaired) electrons. The normalized spacial score (nSPS) is 20.3. The van der Waals surface area contributed by atoms with Crippen LogP contribution in [0, 0.1) is 5.92 Å². The molecule has 154 valence electrons. The Morgan fingerprint density at radius 2 is 1.76 bits per heavy atom. The van der Waals surface area contributed by atoms with Gasteiger partial charge >= 0.3 is 6.61 Å². The van der Waals surface area contributed by atoms with Crippen molar-refractivity contribution >= 4 is 11.9 Å². The number of amides is 1. The number of carbonyl (C=O) groups excluding carboxylic acids is 1. The van der Waals surface area contributed by atoms with Crippen molar-refractivity contribution < 1.29 is 18.3 Å². The zero-order valence-corrected chi connectivity index (χ0v) is 16.5. The largest absolute Gasteiger partial charge is 0.435 e. The van der Waals surface area contributed by atoms with E-state index < -0.39 is 12.2 Å². The maximum atomic E-state index is 13.3. The van der Waals surface area contributed by atoms with Crippen molar-refractivity contribution in [2.24, 2.45) is 22.4 Å². The second kappa shape index (κ2) is 7.79. The van der Waals surface area contributed by atoms with Crippen LogP contribution < -0.4 is 16.2 Å². The van der Waals surface area contributed by atoms with Gasteiger partial charge in [0.2, 0.25) is 0 Å². The summed E-state index contributed by atoms with van der Waals surface area (Å²) in [6, 6.07) is 13.0. The second-order valence-corrected chi connectivity index (χ2v) is 7.34. The van der Waals surface area contributed by atoms with E-state index in [1.165, 1.54) is 17.0 Å². The first kappa shape index (κ1) is 20.7. The van der Waals surface area contributed by atoms with Gasteiger partial charge in [-0.1, -0.05) is 50.2 Å². The fourth-order valence-electron chi connectivity index (χ4n) is 3.42. The molecule has 0 saturated carbocycles. The van der Waals surface area contributed by atoms with Crippen molar-refractivity contribution in [1.82, 2.24) is 4.90 Å². The van der Waals surface area contributed by atoms with Gasteiger partial charge in [0.25, 0.3) is 5.91 Å². The third-order valence-electron chi connectivity index (χ3n) is 5.14. The molecular weight excluding hydrogens is 378 g/mol. The summed E-state index contributed by atoms with van der Waals surface area (Å²) in [7, 11) is 1.54. The van der Waals surface area contributed by atoms with Gasteiger partial charge in [-0.05, 0) is 34.7 Å². The highest BCUT2D eigenvalue weighted by Crippen LogP contribution is 2.40.